The van der Waals surface area contributed by atoms with Crippen molar-refractivity contribution in [2.45, 2.75) is 6.54 Å². The van der Waals surface area contributed by atoms with Crippen molar-refractivity contribution >= 4 is 28.9 Å². The molecule has 0 unspecified atom stereocenters. The number of nitrogens with zero attached hydrogens (tertiary/aromatic N) is 2. The van der Waals surface area contributed by atoms with E-state index in [4.69, 9.17) is 32.7 Å². The number of halogens is 2. The van der Waals surface area contributed by atoms with E-state index in [9.17, 15) is 0 Å². The van der Waals surface area contributed by atoms with Gasteiger partial charge in [-0.25, -0.2) is 4.98 Å². The van der Waals surface area contributed by atoms with Crippen LogP contribution in [0.25, 0.3) is 0 Å². The van der Waals surface area contributed by atoms with E-state index in [0.29, 0.717) is 28.2 Å². The number of benzene rings is 1. The predicted octanol–water partition coefficient (Wildman–Crippen LogP) is 3.36. The fourth-order valence-corrected chi connectivity index (χ4v) is 2.15. The van der Waals surface area contributed by atoms with Gasteiger partial charge >= 0.3 is 0 Å². The van der Waals surface area contributed by atoms with Gasteiger partial charge in [-0.15, -0.1) is 0 Å². The number of anilines is 1. The second kappa shape index (κ2) is 6.24. The van der Waals surface area contributed by atoms with Crippen molar-refractivity contribution in [2.75, 3.05) is 19.5 Å². The molecule has 108 valence electrons. The molecule has 0 aliphatic rings. The largest absolute Gasteiger partial charge is 0.495 e. The zero-order valence-corrected chi connectivity index (χ0v) is 12.9. The number of methoxy groups -OCH3 is 2. The van der Waals surface area contributed by atoms with Crippen molar-refractivity contribution in [1.29, 1.82) is 0 Å². The van der Waals surface area contributed by atoms with E-state index in [2.05, 4.69) is 10.3 Å². The third-order valence-corrected chi connectivity index (χ3v) is 3.59. The summed E-state index contributed by atoms with van der Waals surface area (Å²) in [4.78, 5) is 4.21. The van der Waals surface area contributed by atoms with Crippen LogP contribution in [-0.2, 0) is 13.6 Å². The number of aromatic nitrogens is 2. The fraction of sp³-hybridized carbons (Fsp3) is 0.308. The molecule has 2 aromatic rings. The van der Waals surface area contributed by atoms with E-state index in [1.807, 2.05) is 7.05 Å². The summed E-state index contributed by atoms with van der Waals surface area (Å²) in [6.07, 6.45) is 1.61. The molecule has 0 spiro atoms. The van der Waals surface area contributed by atoms with E-state index >= 15 is 0 Å². The third-order valence-electron chi connectivity index (χ3n) is 2.94. The van der Waals surface area contributed by atoms with Gasteiger partial charge in [0.25, 0.3) is 0 Å². The Morgan fingerprint density at radius 1 is 1.20 bits per heavy atom. The number of rotatable bonds is 5. The summed E-state index contributed by atoms with van der Waals surface area (Å²) >= 11 is 12.1. The van der Waals surface area contributed by atoms with Crippen molar-refractivity contribution < 1.29 is 9.47 Å². The van der Waals surface area contributed by atoms with Crippen molar-refractivity contribution in [3.8, 4) is 11.5 Å². The van der Waals surface area contributed by atoms with Crippen LogP contribution < -0.4 is 14.8 Å². The lowest BCUT2D eigenvalue weighted by molar-refractivity contribution is 0.395. The molecule has 1 heterocycles. The summed E-state index contributed by atoms with van der Waals surface area (Å²) in [6.45, 7) is 0.502. The second-order valence-electron chi connectivity index (χ2n) is 4.10. The topological polar surface area (TPSA) is 48.3 Å². The van der Waals surface area contributed by atoms with E-state index in [1.54, 1.807) is 37.1 Å². The number of hydrogen-bond acceptors (Lipinski definition) is 4. The van der Waals surface area contributed by atoms with Crippen LogP contribution in [-0.4, -0.2) is 23.8 Å². The van der Waals surface area contributed by atoms with Gasteiger partial charge in [-0.05, 0) is 6.07 Å². The Kier molecular flexibility index (Phi) is 4.62. The van der Waals surface area contributed by atoms with Gasteiger partial charge in [-0.1, -0.05) is 23.2 Å². The summed E-state index contributed by atoms with van der Waals surface area (Å²) in [5.41, 5.74) is 0.762. The minimum Gasteiger partial charge on any atom is -0.495 e. The second-order valence-corrected chi connectivity index (χ2v) is 4.89. The summed E-state index contributed by atoms with van der Waals surface area (Å²) in [5.74, 6) is 2.02. The Morgan fingerprint density at radius 2 is 1.90 bits per heavy atom. The Labute approximate surface area is 127 Å². The minimum atomic E-state index is 0.502. The van der Waals surface area contributed by atoms with Crippen LogP contribution >= 0.6 is 23.2 Å². The summed E-state index contributed by atoms with van der Waals surface area (Å²) < 4.78 is 12.3. The maximum Gasteiger partial charge on any atom is 0.145 e. The first-order valence-electron chi connectivity index (χ1n) is 5.88. The highest BCUT2D eigenvalue weighted by molar-refractivity contribution is 6.32. The van der Waals surface area contributed by atoms with E-state index in [1.165, 1.54) is 0 Å². The number of nitrogens with one attached hydrogen (secondary N) is 1. The van der Waals surface area contributed by atoms with Crippen molar-refractivity contribution in [2.24, 2.45) is 7.05 Å². The van der Waals surface area contributed by atoms with Gasteiger partial charge in [0.15, 0.2) is 0 Å². The molecule has 1 N–H and O–H groups in total. The number of imidazole rings is 1. The lowest BCUT2D eigenvalue weighted by Crippen LogP contribution is -2.07. The first-order valence-corrected chi connectivity index (χ1v) is 6.64. The van der Waals surface area contributed by atoms with Crippen molar-refractivity contribution in [1.82, 2.24) is 9.55 Å². The summed E-state index contributed by atoms with van der Waals surface area (Å²) in [6, 6.07) is 3.49. The van der Waals surface area contributed by atoms with E-state index < -0.39 is 0 Å². The molecule has 1 aromatic heterocycles. The molecule has 2 rings (SSSR count). The highest BCUT2D eigenvalue weighted by atomic mass is 35.5. The molecular formula is C13H15Cl2N3O2. The molecule has 1 aromatic carbocycles. The van der Waals surface area contributed by atoms with Crippen molar-refractivity contribution in [3.63, 3.8) is 0 Å². The van der Waals surface area contributed by atoms with Crippen LogP contribution in [0.5, 0.6) is 11.5 Å². The normalized spacial score (nSPS) is 10.4. The van der Waals surface area contributed by atoms with Crippen LogP contribution in [0.1, 0.15) is 5.82 Å². The summed E-state index contributed by atoms with van der Waals surface area (Å²) in [7, 11) is 5.00. The fourth-order valence-electron chi connectivity index (χ4n) is 1.76. The van der Waals surface area contributed by atoms with Gasteiger partial charge in [0, 0.05) is 13.1 Å². The average Bonchev–Trinajstić information content (AvgIpc) is 2.76. The third kappa shape index (κ3) is 2.94. The standard InChI is InChI=1S/C13H15Cl2N3O2/c1-18-12(15)6-17-13(18)7-16-9-4-8(14)10(19-2)5-11(9)20-3/h4-6,16H,7H2,1-3H3. The minimum absolute atomic E-state index is 0.502. The number of ether oxygens (including phenoxy) is 2. The van der Waals surface area contributed by atoms with Gasteiger partial charge in [0.2, 0.25) is 0 Å². The lowest BCUT2D eigenvalue weighted by atomic mass is 10.2. The molecule has 5 nitrogen and oxygen atoms in total. The maximum atomic E-state index is 6.11. The molecule has 20 heavy (non-hydrogen) atoms. The van der Waals surface area contributed by atoms with Crippen LogP contribution in [0.3, 0.4) is 0 Å². The zero-order chi connectivity index (χ0) is 14.7. The SMILES string of the molecule is COc1cc(OC)c(NCc2ncc(Cl)n2C)cc1Cl. The molecule has 0 atom stereocenters. The van der Waals surface area contributed by atoms with Gasteiger partial charge < -0.3 is 19.4 Å². The Hall–Kier alpha value is -1.59. The van der Waals surface area contributed by atoms with Gasteiger partial charge in [-0.2, -0.15) is 0 Å². The summed E-state index contributed by atoms with van der Waals surface area (Å²) in [5, 5.41) is 4.31. The molecule has 0 aliphatic carbocycles. The molecule has 0 saturated heterocycles. The van der Waals surface area contributed by atoms with Gasteiger partial charge in [0.05, 0.1) is 37.7 Å². The molecule has 0 bridgehead atoms. The Balaban J connectivity index is 2.20. The quantitative estimate of drug-likeness (QED) is 0.919. The van der Waals surface area contributed by atoms with E-state index in [-0.39, 0.29) is 0 Å². The predicted molar refractivity (Wildman–Crippen MR) is 80.1 cm³/mol. The van der Waals surface area contributed by atoms with Gasteiger partial charge in [0.1, 0.15) is 22.5 Å². The molecule has 0 fully saturated rings. The molecule has 7 heteroatoms. The Bertz CT molecular complexity index is 614. The van der Waals surface area contributed by atoms with Crippen LogP contribution in [0.4, 0.5) is 5.69 Å². The van der Waals surface area contributed by atoms with Gasteiger partial charge in [-0.3, -0.25) is 0 Å². The zero-order valence-electron chi connectivity index (χ0n) is 11.4. The first-order chi connectivity index (χ1) is 9.56. The highest BCUT2D eigenvalue weighted by Crippen LogP contribution is 2.36. The lowest BCUT2D eigenvalue weighted by Gasteiger charge is -2.13. The highest BCUT2D eigenvalue weighted by Gasteiger charge is 2.11. The average molecular weight is 316 g/mol. The van der Waals surface area contributed by atoms with Crippen LogP contribution in [0.15, 0.2) is 18.3 Å². The molecule has 0 saturated carbocycles. The Morgan fingerprint density at radius 3 is 2.45 bits per heavy atom. The number of hydrogen-bond donors (Lipinski definition) is 1. The molecular weight excluding hydrogens is 301 g/mol. The van der Waals surface area contributed by atoms with Crippen molar-refractivity contribution in [3.05, 3.63) is 34.3 Å². The smallest absolute Gasteiger partial charge is 0.145 e. The molecule has 0 amide bonds. The molecule has 0 radical (unpaired) electrons. The molecule has 0 aliphatic heterocycles. The van der Waals surface area contributed by atoms with Crippen LogP contribution in [0.2, 0.25) is 10.2 Å². The first kappa shape index (κ1) is 14.8. The monoisotopic (exact) mass is 315 g/mol. The van der Waals surface area contributed by atoms with E-state index in [0.717, 1.165) is 11.5 Å². The van der Waals surface area contributed by atoms with Crippen LogP contribution in [0, 0.1) is 0 Å². The maximum absolute atomic E-state index is 6.11.